The average molecular weight is 466 g/mol. The van der Waals surface area contributed by atoms with Gasteiger partial charge in [-0.1, -0.05) is 78.9 Å². The molecule has 5 heteroatoms. The van der Waals surface area contributed by atoms with Gasteiger partial charge in [0.15, 0.2) is 6.23 Å². The molecule has 2 aliphatic rings. The van der Waals surface area contributed by atoms with Crippen LogP contribution in [-0.2, 0) is 15.0 Å². The maximum atomic E-state index is 6.18. The van der Waals surface area contributed by atoms with Gasteiger partial charge in [-0.25, -0.2) is 4.99 Å². The molecule has 0 radical (unpaired) electrons. The first-order chi connectivity index (χ1) is 17.2. The molecule has 0 saturated carbocycles. The Morgan fingerprint density at radius 3 is 2.14 bits per heavy atom. The number of rotatable bonds is 7. The van der Waals surface area contributed by atoms with E-state index in [1.807, 2.05) is 26.0 Å². The van der Waals surface area contributed by atoms with Crippen molar-refractivity contribution >= 4 is 11.5 Å². The number of methoxy groups -OCH3 is 1. The Bertz CT molecular complexity index is 1240. The van der Waals surface area contributed by atoms with E-state index in [0.29, 0.717) is 13.2 Å². The van der Waals surface area contributed by atoms with Gasteiger partial charge in [-0.15, -0.1) is 0 Å². The summed E-state index contributed by atoms with van der Waals surface area (Å²) in [7, 11) is 1.72. The van der Waals surface area contributed by atoms with E-state index in [1.165, 1.54) is 0 Å². The maximum absolute atomic E-state index is 6.18. The fourth-order valence-corrected chi connectivity index (χ4v) is 5.06. The summed E-state index contributed by atoms with van der Waals surface area (Å²) in [6, 6.07) is 29.4. The number of anilines is 1. The number of nitrogens with zero attached hydrogens (tertiary/aromatic N) is 1. The van der Waals surface area contributed by atoms with Crippen molar-refractivity contribution in [2.75, 3.05) is 25.6 Å². The molecule has 3 aromatic carbocycles. The number of para-hydroxylation sites is 1. The molecule has 1 unspecified atom stereocenters. The highest BCUT2D eigenvalue weighted by atomic mass is 16.5. The van der Waals surface area contributed by atoms with Crippen LogP contribution >= 0.6 is 0 Å². The van der Waals surface area contributed by atoms with Crippen molar-refractivity contribution in [2.45, 2.75) is 25.6 Å². The zero-order chi connectivity index (χ0) is 24.3. The number of benzene rings is 3. The molecule has 3 aromatic rings. The lowest BCUT2D eigenvalue weighted by molar-refractivity contribution is 0.0724. The van der Waals surface area contributed by atoms with E-state index in [1.54, 1.807) is 7.11 Å². The van der Waals surface area contributed by atoms with Crippen molar-refractivity contribution in [2.24, 2.45) is 4.99 Å². The highest BCUT2D eigenvalue weighted by Crippen LogP contribution is 2.46. The summed E-state index contributed by atoms with van der Waals surface area (Å²) in [5, 5.41) is 7.13. The lowest BCUT2D eigenvalue weighted by Gasteiger charge is -2.40. The Morgan fingerprint density at radius 1 is 0.886 bits per heavy atom. The number of hydrogen-bond donors (Lipinski definition) is 2. The summed E-state index contributed by atoms with van der Waals surface area (Å²) in [6.07, 6.45) is 1.78. The Morgan fingerprint density at radius 2 is 1.51 bits per heavy atom. The minimum absolute atomic E-state index is 0.337. The van der Waals surface area contributed by atoms with Crippen LogP contribution in [0.5, 0.6) is 0 Å². The van der Waals surface area contributed by atoms with Crippen LogP contribution in [0.3, 0.4) is 0 Å². The molecule has 2 aliphatic heterocycles. The van der Waals surface area contributed by atoms with Gasteiger partial charge >= 0.3 is 0 Å². The van der Waals surface area contributed by atoms with Crippen LogP contribution in [0.4, 0.5) is 5.69 Å². The Kier molecular flexibility index (Phi) is 6.53. The smallest absolute Gasteiger partial charge is 0.157 e. The molecule has 0 aliphatic carbocycles. The van der Waals surface area contributed by atoms with Crippen molar-refractivity contribution < 1.29 is 9.47 Å². The van der Waals surface area contributed by atoms with Gasteiger partial charge < -0.3 is 20.1 Å². The Balaban J connectivity index is 1.83. The second-order valence-corrected chi connectivity index (χ2v) is 8.75. The molecule has 0 aromatic heterocycles. The first-order valence-corrected chi connectivity index (χ1v) is 12.0. The summed E-state index contributed by atoms with van der Waals surface area (Å²) in [6.45, 7) is 5.08. The SMILES string of the molecule is CCOC1NC(C)=CC(COC)=C1C1=NC(c2ccccc2)(c2ccccc2)c2ccccc2N1. The minimum Gasteiger partial charge on any atom is -0.380 e. The third kappa shape index (κ3) is 4.18. The highest BCUT2D eigenvalue weighted by Gasteiger charge is 2.42. The van der Waals surface area contributed by atoms with Crippen molar-refractivity contribution in [3.63, 3.8) is 0 Å². The van der Waals surface area contributed by atoms with Crippen LogP contribution in [-0.4, -0.2) is 32.4 Å². The minimum atomic E-state index is -0.724. The Labute approximate surface area is 207 Å². The molecule has 0 saturated heterocycles. The molecule has 5 rings (SSSR count). The van der Waals surface area contributed by atoms with Crippen LogP contribution in [0.2, 0.25) is 0 Å². The third-order valence-corrected chi connectivity index (χ3v) is 6.48. The van der Waals surface area contributed by atoms with E-state index < -0.39 is 5.54 Å². The molecule has 2 heterocycles. The van der Waals surface area contributed by atoms with E-state index in [4.69, 9.17) is 14.5 Å². The highest BCUT2D eigenvalue weighted by molar-refractivity contribution is 6.12. The van der Waals surface area contributed by atoms with Gasteiger partial charge in [0.25, 0.3) is 0 Å². The molecule has 1 atom stereocenters. The zero-order valence-corrected chi connectivity index (χ0v) is 20.4. The third-order valence-electron chi connectivity index (χ3n) is 6.48. The summed E-state index contributed by atoms with van der Waals surface area (Å²) in [4.78, 5) is 5.55. The number of aliphatic imine (C=N–C) groups is 1. The molecule has 178 valence electrons. The van der Waals surface area contributed by atoms with E-state index in [-0.39, 0.29) is 6.23 Å². The van der Waals surface area contributed by atoms with E-state index >= 15 is 0 Å². The van der Waals surface area contributed by atoms with Crippen LogP contribution in [0.15, 0.2) is 113 Å². The lowest BCUT2D eigenvalue weighted by atomic mass is 9.75. The summed E-state index contributed by atoms with van der Waals surface area (Å²) < 4.78 is 11.8. The molecular weight excluding hydrogens is 434 g/mol. The predicted molar refractivity (Wildman–Crippen MR) is 141 cm³/mol. The maximum Gasteiger partial charge on any atom is 0.157 e. The number of dihydropyridines is 1. The molecule has 0 spiro atoms. The van der Waals surface area contributed by atoms with Gasteiger partial charge in [-0.2, -0.15) is 0 Å². The quantitative estimate of drug-likeness (QED) is 0.476. The average Bonchev–Trinajstić information content (AvgIpc) is 2.89. The number of hydrogen-bond acceptors (Lipinski definition) is 5. The van der Waals surface area contributed by atoms with Gasteiger partial charge in [-0.05, 0) is 42.7 Å². The van der Waals surface area contributed by atoms with Crippen LogP contribution in [0.25, 0.3) is 0 Å². The van der Waals surface area contributed by atoms with Crippen LogP contribution in [0.1, 0.15) is 30.5 Å². The summed E-state index contributed by atoms with van der Waals surface area (Å²) in [5.41, 5.74) is 6.67. The Hall–Kier alpha value is -3.67. The summed E-state index contributed by atoms with van der Waals surface area (Å²) >= 11 is 0. The molecule has 0 bridgehead atoms. The van der Waals surface area contributed by atoms with Gasteiger partial charge in [-0.3, -0.25) is 0 Å². The van der Waals surface area contributed by atoms with Crippen molar-refractivity contribution in [1.29, 1.82) is 0 Å². The topological polar surface area (TPSA) is 54.9 Å². The molecule has 5 nitrogen and oxygen atoms in total. The number of ether oxygens (including phenoxy) is 2. The number of nitrogens with one attached hydrogen (secondary N) is 2. The second kappa shape index (κ2) is 9.90. The number of amidine groups is 1. The van der Waals surface area contributed by atoms with E-state index in [2.05, 4.69) is 89.5 Å². The van der Waals surface area contributed by atoms with Crippen molar-refractivity contribution in [3.8, 4) is 0 Å². The molecule has 0 fully saturated rings. The molecule has 2 N–H and O–H groups in total. The largest absolute Gasteiger partial charge is 0.380 e. The van der Waals surface area contributed by atoms with Gasteiger partial charge in [0.1, 0.15) is 11.4 Å². The zero-order valence-electron chi connectivity index (χ0n) is 20.4. The molecule has 35 heavy (non-hydrogen) atoms. The molecular formula is C30H31N3O2. The number of fused-ring (bicyclic) bond motifs is 1. The summed E-state index contributed by atoms with van der Waals surface area (Å²) in [5.74, 6) is 0.776. The fraction of sp³-hybridized carbons (Fsp3) is 0.233. The first-order valence-electron chi connectivity index (χ1n) is 12.0. The van der Waals surface area contributed by atoms with Gasteiger partial charge in [0.2, 0.25) is 0 Å². The fourth-order valence-electron chi connectivity index (χ4n) is 5.06. The standard InChI is InChI=1S/C30H31N3O2/c1-4-35-29-27(22(20-34-3)19-21(2)31-29)28-32-26-18-12-11-17-25(26)30(33-28,23-13-7-5-8-14-23)24-15-9-6-10-16-24/h5-19,29,31H,4,20H2,1-3H3,(H,32,33). The number of allylic oxidation sites excluding steroid dienone is 1. The van der Waals surface area contributed by atoms with E-state index in [9.17, 15) is 0 Å². The van der Waals surface area contributed by atoms with Crippen molar-refractivity contribution in [1.82, 2.24) is 5.32 Å². The predicted octanol–water partition coefficient (Wildman–Crippen LogP) is 5.62. The van der Waals surface area contributed by atoms with Gasteiger partial charge in [0.05, 0.1) is 6.61 Å². The monoisotopic (exact) mass is 465 g/mol. The van der Waals surface area contributed by atoms with Crippen molar-refractivity contribution in [3.05, 3.63) is 125 Å². The van der Waals surface area contributed by atoms with E-state index in [0.717, 1.165) is 45.1 Å². The van der Waals surface area contributed by atoms with Crippen LogP contribution in [0, 0.1) is 0 Å². The lowest BCUT2D eigenvalue weighted by Crippen LogP contribution is -2.44. The van der Waals surface area contributed by atoms with Crippen LogP contribution < -0.4 is 10.6 Å². The molecule has 0 amide bonds. The van der Waals surface area contributed by atoms with Gasteiger partial charge in [0, 0.05) is 36.2 Å². The normalized spacial score (nSPS) is 18.7. The second-order valence-electron chi connectivity index (χ2n) is 8.75. The first kappa shape index (κ1) is 23.1.